The molecule has 4 aromatic rings. The average Bonchev–Trinajstić information content (AvgIpc) is 3.18. The SMILES string of the molecule is CCNC(=O)C(Cc1ccccc1)N(Cc1cccc(Br)c1)C(=O)CCCN1c2cccc3cccc(c23)S1(=O)=O. The lowest BCUT2D eigenvalue weighted by Crippen LogP contribution is -2.50. The Morgan fingerprint density at radius 3 is 2.37 bits per heavy atom. The van der Waals surface area contributed by atoms with E-state index < -0.39 is 16.1 Å². The highest BCUT2D eigenvalue weighted by molar-refractivity contribution is 9.10. The predicted molar refractivity (Wildman–Crippen MR) is 165 cm³/mol. The highest BCUT2D eigenvalue weighted by Crippen LogP contribution is 2.42. The van der Waals surface area contributed by atoms with Crippen LogP contribution in [0.25, 0.3) is 10.8 Å². The lowest BCUT2D eigenvalue weighted by Gasteiger charge is -2.32. The third kappa shape index (κ3) is 6.16. The van der Waals surface area contributed by atoms with Crippen LogP contribution in [0.15, 0.2) is 100 Å². The minimum absolute atomic E-state index is 0.0943. The van der Waals surface area contributed by atoms with E-state index in [4.69, 9.17) is 0 Å². The molecule has 212 valence electrons. The summed E-state index contributed by atoms with van der Waals surface area (Å²) in [6, 6.07) is 27.4. The second-order valence-electron chi connectivity index (χ2n) is 10.1. The van der Waals surface area contributed by atoms with Gasteiger partial charge in [-0.05, 0) is 54.1 Å². The molecule has 0 aromatic heterocycles. The van der Waals surface area contributed by atoms with Gasteiger partial charge in [-0.3, -0.25) is 13.9 Å². The van der Waals surface area contributed by atoms with Crippen molar-refractivity contribution in [3.63, 3.8) is 0 Å². The number of halogens is 1. The first-order chi connectivity index (χ1) is 19.8. The molecule has 1 aliphatic heterocycles. The molecule has 0 aliphatic carbocycles. The van der Waals surface area contributed by atoms with Crippen LogP contribution in [0, 0.1) is 0 Å². The molecule has 0 saturated carbocycles. The van der Waals surface area contributed by atoms with Gasteiger partial charge < -0.3 is 10.2 Å². The zero-order valence-electron chi connectivity index (χ0n) is 22.8. The average molecular weight is 635 g/mol. The highest BCUT2D eigenvalue weighted by atomic mass is 79.9. The zero-order valence-corrected chi connectivity index (χ0v) is 25.2. The molecular weight excluding hydrogens is 602 g/mol. The molecule has 1 N–H and O–H groups in total. The van der Waals surface area contributed by atoms with Crippen molar-refractivity contribution in [1.82, 2.24) is 10.2 Å². The first-order valence-electron chi connectivity index (χ1n) is 13.7. The monoisotopic (exact) mass is 633 g/mol. The van der Waals surface area contributed by atoms with Gasteiger partial charge in [0.2, 0.25) is 11.8 Å². The van der Waals surface area contributed by atoms with Gasteiger partial charge in [-0.25, -0.2) is 8.42 Å². The first kappa shape index (κ1) is 28.8. The van der Waals surface area contributed by atoms with Gasteiger partial charge in [-0.15, -0.1) is 0 Å². The third-order valence-electron chi connectivity index (χ3n) is 7.30. The van der Waals surface area contributed by atoms with E-state index in [0.717, 1.165) is 26.4 Å². The second-order valence-corrected chi connectivity index (χ2v) is 12.8. The maximum absolute atomic E-state index is 13.9. The van der Waals surface area contributed by atoms with Gasteiger partial charge in [0, 0.05) is 42.3 Å². The van der Waals surface area contributed by atoms with Crippen LogP contribution in [0.1, 0.15) is 30.9 Å². The lowest BCUT2D eigenvalue weighted by molar-refractivity contribution is -0.141. The summed E-state index contributed by atoms with van der Waals surface area (Å²) in [7, 11) is -3.71. The topological polar surface area (TPSA) is 86.8 Å². The number of benzene rings is 4. The van der Waals surface area contributed by atoms with Crippen LogP contribution in [0.4, 0.5) is 5.69 Å². The molecule has 7 nitrogen and oxygen atoms in total. The van der Waals surface area contributed by atoms with Crippen LogP contribution in [0.2, 0.25) is 0 Å². The normalized spacial score (nSPS) is 14.1. The van der Waals surface area contributed by atoms with Crippen molar-refractivity contribution in [3.05, 3.63) is 107 Å². The fourth-order valence-electron chi connectivity index (χ4n) is 5.39. The number of rotatable bonds is 11. The van der Waals surface area contributed by atoms with Crippen molar-refractivity contribution in [2.75, 3.05) is 17.4 Å². The van der Waals surface area contributed by atoms with Crippen molar-refractivity contribution in [2.45, 2.75) is 43.7 Å². The van der Waals surface area contributed by atoms with Gasteiger partial charge in [0.1, 0.15) is 6.04 Å². The van der Waals surface area contributed by atoms with Crippen molar-refractivity contribution in [3.8, 4) is 0 Å². The number of nitrogens with zero attached hydrogens (tertiary/aromatic N) is 2. The number of carbonyl (C=O) groups is 2. The van der Waals surface area contributed by atoms with E-state index in [1.165, 1.54) is 4.31 Å². The Kier molecular flexibility index (Phi) is 8.75. The maximum Gasteiger partial charge on any atom is 0.265 e. The number of carbonyl (C=O) groups excluding carboxylic acids is 2. The molecule has 9 heteroatoms. The number of likely N-dealkylation sites (N-methyl/N-ethyl adjacent to an activating group) is 1. The van der Waals surface area contributed by atoms with E-state index in [-0.39, 0.29) is 31.3 Å². The molecule has 4 aromatic carbocycles. The van der Waals surface area contributed by atoms with Crippen LogP contribution in [0.5, 0.6) is 0 Å². The quantitative estimate of drug-likeness (QED) is 0.231. The molecular formula is C32H32BrN3O4S. The van der Waals surface area contributed by atoms with Crippen molar-refractivity contribution in [1.29, 1.82) is 0 Å². The van der Waals surface area contributed by atoms with Crippen LogP contribution < -0.4 is 9.62 Å². The summed E-state index contributed by atoms with van der Waals surface area (Å²) in [6.45, 7) is 2.71. The Morgan fingerprint density at radius 2 is 1.63 bits per heavy atom. The lowest BCUT2D eigenvalue weighted by atomic mass is 10.0. The van der Waals surface area contributed by atoms with E-state index >= 15 is 0 Å². The summed E-state index contributed by atoms with van der Waals surface area (Å²) in [6.07, 6.45) is 0.770. The molecule has 0 spiro atoms. The van der Waals surface area contributed by atoms with E-state index in [0.29, 0.717) is 30.0 Å². The summed E-state index contributed by atoms with van der Waals surface area (Å²) >= 11 is 3.50. The molecule has 1 aliphatic rings. The van der Waals surface area contributed by atoms with Gasteiger partial charge in [0.05, 0.1) is 10.6 Å². The fraction of sp³-hybridized carbons (Fsp3) is 0.250. The minimum Gasteiger partial charge on any atom is -0.355 e. The minimum atomic E-state index is -3.71. The van der Waals surface area contributed by atoms with E-state index in [2.05, 4.69) is 21.2 Å². The molecule has 0 saturated heterocycles. The molecule has 1 heterocycles. The fourth-order valence-corrected chi connectivity index (χ4v) is 7.59. The van der Waals surface area contributed by atoms with Crippen LogP contribution in [0.3, 0.4) is 0 Å². The van der Waals surface area contributed by atoms with Gasteiger partial charge in [0.15, 0.2) is 0 Å². The number of hydrogen-bond donors (Lipinski definition) is 1. The summed E-state index contributed by atoms with van der Waals surface area (Å²) in [4.78, 5) is 29.2. The molecule has 5 rings (SSSR count). The van der Waals surface area contributed by atoms with Gasteiger partial charge in [0.25, 0.3) is 10.0 Å². The first-order valence-corrected chi connectivity index (χ1v) is 15.9. The van der Waals surface area contributed by atoms with Gasteiger partial charge in [-0.1, -0.05) is 82.7 Å². The molecule has 0 bridgehead atoms. The molecule has 41 heavy (non-hydrogen) atoms. The zero-order chi connectivity index (χ0) is 29.0. The molecule has 1 atom stereocenters. The number of amides is 2. The van der Waals surface area contributed by atoms with E-state index in [1.54, 1.807) is 17.0 Å². The number of anilines is 1. The Hall–Kier alpha value is -3.69. The van der Waals surface area contributed by atoms with Crippen LogP contribution in [-0.4, -0.2) is 44.3 Å². The van der Waals surface area contributed by atoms with Crippen molar-refractivity contribution >= 4 is 54.2 Å². The smallest absolute Gasteiger partial charge is 0.265 e. The number of sulfonamides is 1. The Bertz CT molecular complexity index is 1670. The molecule has 0 fully saturated rings. The highest BCUT2D eigenvalue weighted by Gasteiger charge is 2.36. The Morgan fingerprint density at radius 1 is 0.927 bits per heavy atom. The summed E-state index contributed by atoms with van der Waals surface area (Å²) in [5.74, 6) is -0.423. The predicted octanol–water partition coefficient (Wildman–Crippen LogP) is 5.67. The summed E-state index contributed by atoms with van der Waals surface area (Å²) in [5.41, 5.74) is 2.48. The third-order valence-corrected chi connectivity index (χ3v) is 9.65. The Labute approximate surface area is 249 Å². The van der Waals surface area contributed by atoms with E-state index in [9.17, 15) is 18.0 Å². The number of nitrogens with one attached hydrogen (secondary N) is 1. The molecule has 0 radical (unpaired) electrons. The maximum atomic E-state index is 13.9. The van der Waals surface area contributed by atoms with Crippen LogP contribution in [-0.2, 0) is 32.6 Å². The van der Waals surface area contributed by atoms with Crippen LogP contribution >= 0.6 is 15.9 Å². The standard InChI is InChI=1S/C32H32BrN3O4S/c1-2-34-32(38)28(21-23-10-4-3-5-11-23)35(22-24-12-6-15-26(33)20-24)30(37)18-9-19-36-27-16-7-13-25-14-8-17-29(31(25)27)41(36,39)40/h3-8,10-17,20,28H,2,9,18-19,21-22H2,1H3,(H,34,38). The summed E-state index contributed by atoms with van der Waals surface area (Å²) < 4.78 is 29.1. The molecule has 1 unspecified atom stereocenters. The largest absolute Gasteiger partial charge is 0.355 e. The van der Waals surface area contributed by atoms with Crippen molar-refractivity contribution < 1.29 is 18.0 Å². The Balaban J connectivity index is 1.39. The van der Waals surface area contributed by atoms with Gasteiger partial charge >= 0.3 is 0 Å². The number of hydrogen-bond acceptors (Lipinski definition) is 4. The summed E-state index contributed by atoms with van der Waals surface area (Å²) in [5, 5.41) is 4.49. The molecule has 2 amide bonds. The van der Waals surface area contributed by atoms with Crippen molar-refractivity contribution in [2.24, 2.45) is 0 Å². The second kappa shape index (κ2) is 12.4. The van der Waals surface area contributed by atoms with Gasteiger partial charge in [-0.2, -0.15) is 0 Å². The van der Waals surface area contributed by atoms with E-state index in [1.807, 2.05) is 85.8 Å².